The van der Waals surface area contributed by atoms with E-state index < -0.39 is 0 Å². The van der Waals surface area contributed by atoms with Crippen molar-refractivity contribution in [2.75, 3.05) is 0 Å². The molecule has 1 aromatic carbocycles. The maximum atomic E-state index is 10.0. The third kappa shape index (κ3) is 4.37. The summed E-state index contributed by atoms with van der Waals surface area (Å²) < 4.78 is 0. The number of benzene rings is 1. The zero-order valence-corrected chi connectivity index (χ0v) is 12.8. The van der Waals surface area contributed by atoms with Crippen molar-refractivity contribution in [3.05, 3.63) is 90.0 Å². The highest BCUT2D eigenvalue weighted by atomic mass is 16.3. The fourth-order valence-electron chi connectivity index (χ4n) is 2.49. The molecule has 0 atom stereocenters. The second-order valence-corrected chi connectivity index (χ2v) is 5.42. The van der Waals surface area contributed by atoms with Crippen molar-refractivity contribution in [3.8, 4) is 5.75 Å². The Hall–Kier alpha value is -2.72. The zero-order chi connectivity index (χ0) is 15.9. The van der Waals surface area contributed by atoms with Crippen molar-refractivity contribution < 1.29 is 5.11 Å². The molecule has 0 unspecified atom stereocenters. The molecule has 0 aliphatic rings. The van der Waals surface area contributed by atoms with Crippen LogP contribution in [0.25, 0.3) is 0 Å². The summed E-state index contributed by atoms with van der Waals surface area (Å²) in [5.74, 6) is 0.319. The first-order valence-electron chi connectivity index (χ1n) is 7.60. The first-order valence-corrected chi connectivity index (χ1v) is 7.60. The molecule has 4 nitrogen and oxygen atoms in total. The lowest BCUT2D eigenvalue weighted by Gasteiger charge is -2.22. The molecule has 2 heterocycles. The second kappa shape index (κ2) is 7.51. The molecule has 4 heteroatoms. The minimum absolute atomic E-state index is 0.319. The number of pyridine rings is 2. The number of aromatic hydroxyl groups is 1. The molecule has 116 valence electrons. The van der Waals surface area contributed by atoms with Gasteiger partial charge < -0.3 is 5.11 Å². The molecule has 1 N–H and O–H groups in total. The minimum atomic E-state index is 0.319. The van der Waals surface area contributed by atoms with E-state index >= 15 is 0 Å². The third-order valence-corrected chi connectivity index (χ3v) is 3.61. The van der Waals surface area contributed by atoms with Crippen LogP contribution in [0.15, 0.2) is 73.1 Å². The zero-order valence-electron chi connectivity index (χ0n) is 12.8. The van der Waals surface area contributed by atoms with Gasteiger partial charge in [0.05, 0.1) is 11.4 Å². The molecular weight excluding hydrogens is 286 g/mol. The van der Waals surface area contributed by atoms with E-state index in [2.05, 4.69) is 14.9 Å². The number of para-hydroxylation sites is 1. The van der Waals surface area contributed by atoms with Gasteiger partial charge in [0.1, 0.15) is 5.75 Å². The summed E-state index contributed by atoms with van der Waals surface area (Å²) in [6, 6.07) is 19.3. The lowest BCUT2D eigenvalue weighted by atomic mass is 10.1. The van der Waals surface area contributed by atoms with Gasteiger partial charge in [0.15, 0.2) is 0 Å². The predicted molar refractivity (Wildman–Crippen MR) is 89.5 cm³/mol. The van der Waals surface area contributed by atoms with Crippen molar-refractivity contribution in [3.63, 3.8) is 0 Å². The molecule has 0 aliphatic heterocycles. The van der Waals surface area contributed by atoms with E-state index in [4.69, 9.17) is 0 Å². The van der Waals surface area contributed by atoms with Crippen LogP contribution in [0.3, 0.4) is 0 Å². The first kappa shape index (κ1) is 15.2. The van der Waals surface area contributed by atoms with Gasteiger partial charge in [-0.15, -0.1) is 0 Å². The van der Waals surface area contributed by atoms with Crippen molar-refractivity contribution >= 4 is 0 Å². The quantitative estimate of drug-likeness (QED) is 0.758. The van der Waals surface area contributed by atoms with Crippen LogP contribution in [-0.2, 0) is 19.6 Å². The maximum Gasteiger partial charge on any atom is 0.120 e. The Balaban J connectivity index is 1.79. The fraction of sp³-hybridized carbons (Fsp3) is 0.158. The monoisotopic (exact) mass is 305 g/mol. The SMILES string of the molecule is Oc1ccccc1CN(Cc1ccccn1)Cc1ccccn1. The van der Waals surface area contributed by atoms with Gasteiger partial charge in [0.25, 0.3) is 0 Å². The van der Waals surface area contributed by atoms with Gasteiger partial charge in [-0.05, 0) is 30.3 Å². The van der Waals surface area contributed by atoms with Gasteiger partial charge in [-0.2, -0.15) is 0 Å². The van der Waals surface area contributed by atoms with Gasteiger partial charge >= 0.3 is 0 Å². The van der Waals surface area contributed by atoms with Crippen molar-refractivity contribution in [2.24, 2.45) is 0 Å². The number of nitrogens with zero attached hydrogens (tertiary/aromatic N) is 3. The summed E-state index contributed by atoms with van der Waals surface area (Å²) >= 11 is 0. The number of hydrogen-bond donors (Lipinski definition) is 1. The first-order chi connectivity index (χ1) is 11.3. The van der Waals surface area contributed by atoms with Crippen LogP contribution in [0, 0.1) is 0 Å². The molecule has 0 spiro atoms. The lowest BCUT2D eigenvalue weighted by Crippen LogP contribution is -2.23. The third-order valence-electron chi connectivity index (χ3n) is 3.61. The van der Waals surface area contributed by atoms with Crippen molar-refractivity contribution in [1.82, 2.24) is 14.9 Å². The normalized spacial score (nSPS) is 10.8. The fourth-order valence-corrected chi connectivity index (χ4v) is 2.49. The predicted octanol–water partition coefficient (Wildman–Crippen LogP) is 3.38. The molecule has 2 aromatic heterocycles. The van der Waals surface area contributed by atoms with Crippen LogP contribution in [-0.4, -0.2) is 20.0 Å². The maximum absolute atomic E-state index is 10.0. The van der Waals surface area contributed by atoms with Crippen molar-refractivity contribution in [2.45, 2.75) is 19.6 Å². The summed E-state index contributed by atoms with van der Waals surface area (Å²) in [7, 11) is 0. The number of rotatable bonds is 6. The van der Waals surface area contributed by atoms with E-state index in [0.29, 0.717) is 25.4 Å². The highest BCUT2D eigenvalue weighted by molar-refractivity contribution is 5.31. The van der Waals surface area contributed by atoms with Crippen LogP contribution >= 0.6 is 0 Å². The van der Waals surface area contributed by atoms with Crippen LogP contribution in [0.5, 0.6) is 5.75 Å². The average molecular weight is 305 g/mol. The lowest BCUT2D eigenvalue weighted by molar-refractivity contribution is 0.238. The topological polar surface area (TPSA) is 49.2 Å². The number of phenols is 1. The molecule has 0 saturated carbocycles. The number of aromatic nitrogens is 2. The van der Waals surface area contributed by atoms with Crippen LogP contribution in [0.2, 0.25) is 0 Å². The summed E-state index contributed by atoms with van der Waals surface area (Å²) in [4.78, 5) is 11.0. The standard InChI is InChI=1S/C19H19N3O/c23-19-10-2-1-7-16(19)13-22(14-17-8-3-5-11-20-17)15-18-9-4-6-12-21-18/h1-12,23H,13-15H2. The van der Waals surface area contributed by atoms with E-state index in [0.717, 1.165) is 17.0 Å². The van der Waals surface area contributed by atoms with Gasteiger partial charge in [-0.25, -0.2) is 0 Å². The van der Waals surface area contributed by atoms with E-state index in [1.54, 1.807) is 18.5 Å². The Labute approximate surface area is 136 Å². The number of hydrogen-bond acceptors (Lipinski definition) is 4. The Morgan fingerprint density at radius 1 is 0.696 bits per heavy atom. The van der Waals surface area contributed by atoms with Gasteiger partial charge in [0.2, 0.25) is 0 Å². The van der Waals surface area contributed by atoms with Gasteiger partial charge in [0, 0.05) is 37.6 Å². The molecule has 0 saturated heterocycles. The highest BCUT2D eigenvalue weighted by Crippen LogP contribution is 2.19. The van der Waals surface area contributed by atoms with Crippen LogP contribution < -0.4 is 0 Å². The van der Waals surface area contributed by atoms with Gasteiger partial charge in [-0.1, -0.05) is 30.3 Å². The number of phenolic OH excluding ortho intramolecular Hbond substituents is 1. The van der Waals surface area contributed by atoms with Crippen LogP contribution in [0.1, 0.15) is 17.0 Å². The molecule has 0 fully saturated rings. The van der Waals surface area contributed by atoms with E-state index in [9.17, 15) is 5.11 Å². The molecule has 23 heavy (non-hydrogen) atoms. The highest BCUT2D eigenvalue weighted by Gasteiger charge is 2.11. The molecule has 0 radical (unpaired) electrons. The summed E-state index contributed by atoms with van der Waals surface area (Å²) in [6.07, 6.45) is 3.60. The molecule has 0 aliphatic carbocycles. The Morgan fingerprint density at radius 3 is 1.78 bits per heavy atom. The molecule has 0 bridgehead atoms. The Kier molecular flexibility index (Phi) is 4.96. The molecule has 3 rings (SSSR count). The minimum Gasteiger partial charge on any atom is -0.508 e. The van der Waals surface area contributed by atoms with Crippen molar-refractivity contribution in [1.29, 1.82) is 0 Å². The van der Waals surface area contributed by atoms with E-state index in [1.165, 1.54) is 0 Å². The van der Waals surface area contributed by atoms with Crippen LogP contribution in [0.4, 0.5) is 0 Å². The molecule has 0 amide bonds. The smallest absolute Gasteiger partial charge is 0.120 e. The Morgan fingerprint density at radius 2 is 1.26 bits per heavy atom. The summed E-state index contributed by atoms with van der Waals surface area (Å²) in [5.41, 5.74) is 2.90. The largest absolute Gasteiger partial charge is 0.508 e. The second-order valence-electron chi connectivity index (χ2n) is 5.42. The van der Waals surface area contributed by atoms with E-state index in [-0.39, 0.29) is 0 Å². The summed E-state index contributed by atoms with van der Waals surface area (Å²) in [6.45, 7) is 2.04. The molecular formula is C19H19N3O. The Bertz CT molecular complexity index is 690. The van der Waals surface area contributed by atoms with Gasteiger partial charge in [-0.3, -0.25) is 14.9 Å². The van der Waals surface area contributed by atoms with E-state index in [1.807, 2.05) is 54.6 Å². The molecule has 3 aromatic rings. The average Bonchev–Trinajstić information content (AvgIpc) is 2.59. The summed E-state index contributed by atoms with van der Waals surface area (Å²) in [5, 5.41) is 10.0.